The summed E-state index contributed by atoms with van der Waals surface area (Å²) >= 11 is 0. The van der Waals surface area contributed by atoms with E-state index in [1.165, 1.54) is 6.20 Å². The van der Waals surface area contributed by atoms with Crippen LogP contribution in [0, 0.1) is 34.0 Å². The highest BCUT2D eigenvalue weighted by atomic mass is 16.5. The van der Waals surface area contributed by atoms with Gasteiger partial charge in [0.15, 0.2) is 5.78 Å². The Hall–Kier alpha value is -2.52. The van der Waals surface area contributed by atoms with Crippen molar-refractivity contribution in [1.29, 1.82) is 0 Å². The Morgan fingerprint density at radius 1 is 1.25 bits per heavy atom. The Morgan fingerprint density at radius 3 is 2.50 bits per heavy atom. The number of esters is 1. The molecule has 2 unspecified atom stereocenters. The lowest BCUT2D eigenvalue weighted by atomic mass is 9.44. The fourth-order valence-corrected chi connectivity index (χ4v) is 7.44. The van der Waals surface area contributed by atoms with Crippen molar-refractivity contribution < 1.29 is 24.5 Å². The highest BCUT2D eigenvalue weighted by Crippen LogP contribution is 2.68. The number of nitrogens with one attached hydrogen (secondary N) is 1. The molecule has 3 fully saturated rings. The second-order valence-electron chi connectivity index (χ2n) is 12.0. The Labute approximate surface area is 212 Å². The molecule has 198 valence electrons. The monoisotopic (exact) mass is 501 g/mol. The number of hydrogen-bond acceptors (Lipinski definition) is 8. The quantitative estimate of drug-likeness (QED) is 0.423. The van der Waals surface area contributed by atoms with Gasteiger partial charge >= 0.3 is 5.97 Å². The van der Waals surface area contributed by atoms with Gasteiger partial charge in [0, 0.05) is 30.8 Å². The number of carbonyl (C=O) groups is 2. The second kappa shape index (κ2) is 8.80. The summed E-state index contributed by atoms with van der Waals surface area (Å²) in [4.78, 5) is 48.0. The zero-order valence-corrected chi connectivity index (χ0v) is 22.1. The summed E-state index contributed by atoms with van der Waals surface area (Å²) in [6.45, 7) is 11.9. The minimum atomic E-state index is -1.12. The van der Waals surface area contributed by atoms with Gasteiger partial charge in [0.25, 0.3) is 5.56 Å². The van der Waals surface area contributed by atoms with Gasteiger partial charge in [0.2, 0.25) is 5.95 Å². The Bertz CT molecular complexity index is 1130. The average molecular weight is 502 g/mol. The van der Waals surface area contributed by atoms with Crippen molar-refractivity contribution in [2.45, 2.75) is 71.7 Å². The number of nitrogens with zero attached hydrogens (tertiary/aromatic N) is 2. The van der Waals surface area contributed by atoms with Crippen LogP contribution in [0.25, 0.3) is 0 Å². The SMILES string of the molecule is C=C[C@]1(C)C[C@@H](OC(=O)c2cnc(N(C)C)[nH]c2=O)[C@]2(C)C(C)CC[C@]3(C[C@H](O)C(=O)C32)[C@@H](C)[C@@H]1O. The van der Waals surface area contributed by atoms with Crippen molar-refractivity contribution in [3.8, 4) is 0 Å². The highest BCUT2D eigenvalue weighted by molar-refractivity contribution is 5.90. The molecule has 0 aliphatic heterocycles. The molecule has 1 aromatic heterocycles. The summed E-state index contributed by atoms with van der Waals surface area (Å²) in [7, 11) is 3.44. The molecule has 9 heteroatoms. The number of ether oxygens (including phenoxy) is 1. The Balaban J connectivity index is 1.84. The van der Waals surface area contributed by atoms with E-state index in [9.17, 15) is 24.6 Å². The first-order chi connectivity index (χ1) is 16.7. The summed E-state index contributed by atoms with van der Waals surface area (Å²) in [6.07, 6.45) is 2.07. The van der Waals surface area contributed by atoms with Crippen LogP contribution in [0.2, 0.25) is 0 Å². The predicted octanol–water partition coefficient (Wildman–Crippen LogP) is 2.33. The normalized spacial score (nSPS) is 42.2. The van der Waals surface area contributed by atoms with Gasteiger partial charge < -0.3 is 19.8 Å². The van der Waals surface area contributed by atoms with Crippen molar-refractivity contribution in [2.75, 3.05) is 19.0 Å². The number of aliphatic hydroxyl groups is 2. The lowest BCUT2D eigenvalue weighted by Crippen LogP contribution is -2.63. The van der Waals surface area contributed by atoms with Gasteiger partial charge in [-0.2, -0.15) is 0 Å². The largest absolute Gasteiger partial charge is 0.458 e. The molecule has 1 aromatic rings. The molecule has 3 aliphatic carbocycles. The summed E-state index contributed by atoms with van der Waals surface area (Å²) in [6, 6.07) is 0. The highest BCUT2D eigenvalue weighted by Gasteiger charge is 2.70. The van der Waals surface area contributed by atoms with Crippen LogP contribution in [0.4, 0.5) is 5.95 Å². The van der Waals surface area contributed by atoms with E-state index >= 15 is 0 Å². The summed E-state index contributed by atoms with van der Waals surface area (Å²) in [5.41, 5.74) is -3.11. The number of anilines is 1. The first kappa shape index (κ1) is 26.5. The number of carbonyl (C=O) groups excluding carboxylic acids is 2. The van der Waals surface area contributed by atoms with Gasteiger partial charge in [-0.1, -0.05) is 33.8 Å². The Kier molecular flexibility index (Phi) is 6.49. The van der Waals surface area contributed by atoms with Crippen molar-refractivity contribution >= 4 is 17.7 Å². The second-order valence-corrected chi connectivity index (χ2v) is 12.0. The van der Waals surface area contributed by atoms with Crippen LogP contribution in [-0.4, -0.2) is 64.3 Å². The van der Waals surface area contributed by atoms with E-state index in [2.05, 4.69) is 23.5 Å². The van der Waals surface area contributed by atoms with E-state index in [1.807, 2.05) is 20.8 Å². The van der Waals surface area contributed by atoms with Crippen LogP contribution in [0.5, 0.6) is 0 Å². The van der Waals surface area contributed by atoms with Gasteiger partial charge in [-0.25, -0.2) is 9.78 Å². The molecule has 0 saturated heterocycles. The van der Waals surface area contributed by atoms with Crippen molar-refractivity contribution in [2.24, 2.45) is 34.0 Å². The first-order valence-corrected chi connectivity index (χ1v) is 12.7. The molecule has 3 saturated carbocycles. The number of hydrogen-bond donors (Lipinski definition) is 3. The molecular weight excluding hydrogens is 462 g/mol. The number of ketones is 1. The molecule has 0 amide bonds. The molecule has 0 spiro atoms. The van der Waals surface area contributed by atoms with Crippen molar-refractivity contribution in [3.05, 3.63) is 34.8 Å². The van der Waals surface area contributed by atoms with Crippen LogP contribution in [0.1, 0.15) is 63.7 Å². The van der Waals surface area contributed by atoms with E-state index in [0.717, 1.165) is 6.42 Å². The molecule has 36 heavy (non-hydrogen) atoms. The van der Waals surface area contributed by atoms with E-state index in [-0.39, 0.29) is 36.0 Å². The minimum absolute atomic E-state index is 0.00768. The lowest BCUT2D eigenvalue weighted by Gasteiger charge is -2.61. The maximum absolute atomic E-state index is 13.5. The fourth-order valence-electron chi connectivity index (χ4n) is 7.44. The number of aromatic amines is 1. The van der Waals surface area contributed by atoms with E-state index < -0.39 is 52.0 Å². The molecule has 4 rings (SSSR count). The summed E-state index contributed by atoms with van der Waals surface area (Å²) in [5.74, 6) is -1.65. The van der Waals surface area contributed by atoms with Gasteiger partial charge in [-0.3, -0.25) is 14.6 Å². The average Bonchev–Trinajstić information content (AvgIpc) is 3.10. The number of H-pyrrole nitrogens is 1. The summed E-state index contributed by atoms with van der Waals surface area (Å²) in [5, 5.41) is 22.4. The van der Waals surface area contributed by atoms with E-state index in [4.69, 9.17) is 4.74 Å². The molecule has 2 bridgehead atoms. The Morgan fingerprint density at radius 2 is 1.92 bits per heavy atom. The van der Waals surface area contributed by atoms with Crippen LogP contribution >= 0.6 is 0 Å². The third-order valence-corrected chi connectivity index (χ3v) is 10.0. The van der Waals surface area contributed by atoms with Crippen LogP contribution in [-0.2, 0) is 9.53 Å². The van der Waals surface area contributed by atoms with Crippen molar-refractivity contribution in [1.82, 2.24) is 9.97 Å². The third kappa shape index (κ3) is 3.65. The zero-order chi connectivity index (χ0) is 26.8. The first-order valence-electron chi connectivity index (χ1n) is 12.7. The van der Waals surface area contributed by atoms with Crippen LogP contribution < -0.4 is 10.5 Å². The third-order valence-electron chi connectivity index (χ3n) is 10.0. The van der Waals surface area contributed by atoms with Gasteiger partial charge in [-0.05, 0) is 42.9 Å². The van der Waals surface area contributed by atoms with Gasteiger partial charge in [0.1, 0.15) is 17.8 Å². The molecular formula is C27H39N3O6. The minimum Gasteiger partial charge on any atom is -0.458 e. The van der Waals surface area contributed by atoms with Gasteiger partial charge in [-0.15, -0.1) is 6.58 Å². The number of rotatable bonds is 4. The summed E-state index contributed by atoms with van der Waals surface area (Å²) < 4.78 is 6.12. The number of aromatic nitrogens is 2. The van der Waals surface area contributed by atoms with Gasteiger partial charge in [0.05, 0.1) is 12.3 Å². The fraction of sp³-hybridized carbons (Fsp3) is 0.704. The standard InChI is InChI=1S/C27H39N3O6/c1-8-25(4)12-18(36-23(35)16-13-28-24(30(6)7)29-22(16)34)26(5)14(2)9-10-27(15(3)21(25)33)11-17(31)19(32)20(26)27/h8,13-15,17-18,20-21,31,33H,1,9-12H2,2-7H3,(H,28,29,34)/t14?,15-,17-,18+,20?,21-,25+,26-,27-/m0/s1. The van der Waals surface area contributed by atoms with Crippen LogP contribution in [0.3, 0.4) is 0 Å². The molecule has 0 radical (unpaired) electrons. The van der Waals surface area contributed by atoms with Crippen molar-refractivity contribution in [3.63, 3.8) is 0 Å². The molecule has 9 nitrogen and oxygen atoms in total. The molecule has 1 heterocycles. The molecule has 3 N–H and O–H groups in total. The van der Waals surface area contributed by atoms with E-state index in [1.54, 1.807) is 25.1 Å². The maximum atomic E-state index is 13.5. The maximum Gasteiger partial charge on any atom is 0.345 e. The molecule has 3 aliphatic rings. The zero-order valence-electron chi connectivity index (χ0n) is 22.1. The number of aliphatic hydroxyl groups excluding tert-OH is 2. The van der Waals surface area contributed by atoms with Crippen LogP contribution in [0.15, 0.2) is 23.6 Å². The number of Topliss-reactive ketones (excluding diaryl/α,β-unsaturated/α-hetero) is 1. The molecule has 0 aromatic carbocycles. The lowest BCUT2D eigenvalue weighted by molar-refractivity contribution is -0.192. The predicted molar refractivity (Wildman–Crippen MR) is 135 cm³/mol. The smallest absolute Gasteiger partial charge is 0.345 e. The topological polar surface area (TPSA) is 133 Å². The molecule has 9 atom stereocenters. The van der Waals surface area contributed by atoms with E-state index in [0.29, 0.717) is 12.4 Å².